The molecule has 0 saturated carbocycles. The number of rotatable bonds is 3. The summed E-state index contributed by atoms with van der Waals surface area (Å²) in [7, 11) is -2.91. The van der Waals surface area contributed by atoms with Gasteiger partial charge in [0, 0.05) is 12.6 Å². The van der Waals surface area contributed by atoms with Crippen LogP contribution in [-0.4, -0.2) is 55.0 Å². The Kier molecular flexibility index (Phi) is 4.44. The Bertz CT molecular complexity index is 472. The summed E-state index contributed by atoms with van der Waals surface area (Å²) in [6, 6.07) is 0.0844. The lowest BCUT2D eigenvalue weighted by molar-refractivity contribution is -0.151. The Morgan fingerprint density at radius 3 is 2.55 bits per heavy atom. The molecule has 0 aromatic heterocycles. The molecule has 1 N–H and O–H groups in total. The molecule has 0 radical (unpaired) electrons. The number of piperidine rings is 1. The van der Waals surface area contributed by atoms with E-state index in [4.69, 9.17) is 0 Å². The molecule has 0 spiro atoms. The highest BCUT2D eigenvalue weighted by Crippen LogP contribution is 2.35. The Balaban J connectivity index is 2.05. The molecule has 2 heterocycles. The molecule has 2 aliphatic heterocycles. The second kappa shape index (κ2) is 5.64. The van der Waals surface area contributed by atoms with Crippen molar-refractivity contribution in [3.05, 3.63) is 0 Å². The van der Waals surface area contributed by atoms with Gasteiger partial charge in [0.1, 0.15) is 0 Å². The lowest BCUT2D eigenvalue weighted by atomic mass is 9.74. The summed E-state index contributed by atoms with van der Waals surface area (Å²) in [6.07, 6.45) is 3.52. The van der Waals surface area contributed by atoms with Gasteiger partial charge in [0.2, 0.25) is 0 Å². The molecule has 20 heavy (non-hydrogen) atoms. The third-order valence-electron chi connectivity index (χ3n) is 4.98. The highest BCUT2D eigenvalue weighted by atomic mass is 32.2. The van der Waals surface area contributed by atoms with E-state index >= 15 is 0 Å². The van der Waals surface area contributed by atoms with Crippen molar-refractivity contribution in [3.8, 4) is 0 Å². The minimum absolute atomic E-state index is 0.0844. The molecule has 6 heteroatoms. The predicted octanol–water partition coefficient (Wildman–Crippen LogP) is 1.39. The van der Waals surface area contributed by atoms with Crippen LogP contribution in [0.15, 0.2) is 0 Å². The molecule has 2 saturated heterocycles. The van der Waals surface area contributed by atoms with Crippen LogP contribution in [-0.2, 0) is 14.6 Å². The summed E-state index contributed by atoms with van der Waals surface area (Å²) >= 11 is 0. The summed E-state index contributed by atoms with van der Waals surface area (Å²) in [6.45, 7) is 5.16. The fourth-order valence-corrected chi connectivity index (χ4v) is 5.13. The fraction of sp³-hybridized carbons (Fsp3) is 0.929. The second-order valence-electron chi connectivity index (χ2n) is 6.77. The van der Waals surface area contributed by atoms with Crippen LogP contribution in [0.3, 0.4) is 0 Å². The number of carboxylic acid groups (broad SMARTS) is 1. The largest absolute Gasteiger partial charge is 0.481 e. The Morgan fingerprint density at radius 1 is 1.25 bits per heavy atom. The quantitative estimate of drug-likeness (QED) is 0.852. The monoisotopic (exact) mass is 303 g/mol. The Morgan fingerprint density at radius 2 is 1.95 bits per heavy atom. The van der Waals surface area contributed by atoms with Crippen LogP contribution in [0.25, 0.3) is 0 Å². The van der Waals surface area contributed by atoms with E-state index in [0.717, 1.165) is 32.2 Å². The molecule has 2 fully saturated rings. The van der Waals surface area contributed by atoms with E-state index in [1.54, 1.807) is 13.8 Å². The van der Waals surface area contributed by atoms with Crippen molar-refractivity contribution in [2.75, 3.05) is 24.6 Å². The molecule has 0 amide bonds. The minimum Gasteiger partial charge on any atom is -0.481 e. The van der Waals surface area contributed by atoms with E-state index < -0.39 is 21.2 Å². The van der Waals surface area contributed by atoms with Crippen molar-refractivity contribution in [1.29, 1.82) is 0 Å². The first-order valence-electron chi connectivity index (χ1n) is 7.40. The number of carbonyl (C=O) groups is 1. The van der Waals surface area contributed by atoms with Crippen LogP contribution >= 0.6 is 0 Å². The van der Waals surface area contributed by atoms with Crippen LogP contribution < -0.4 is 0 Å². The molecular weight excluding hydrogens is 278 g/mol. The van der Waals surface area contributed by atoms with E-state index in [-0.39, 0.29) is 17.7 Å². The first-order valence-corrected chi connectivity index (χ1v) is 9.22. The maximum absolute atomic E-state index is 11.8. The molecule has 2 atom stereocenters. The molecule has 0 aliphatic carbocycles. The van der Waals surface area contributed by atoms with Crippen molar-refractivity contribution < 1.29 is 18.3 Å². The van der Waals surface area contributed by atoms with Gasteiger partial charge in [0.15, 0.2) is 9.84 Å². The highest BCUT2D eigenvalue weighted by Gasteiger charge is 2.41. The summed E-state index contributed by atoms with van der Waals surface area (Å²) < 4.78 is 23.5. The smallest absolute Gasteiger partial charge is 0.309 e. The number of aliphatic carboxylic acids is 1. The number of likely N-dealkylation sites (tertiary alicyclic amines) is 1. The van der Waals surface area contributed by atoms with Crippen molar-refractivity contribution in [2.45, 2.75) is 45.6 Å². The summed E-state index contributed by atoms with van der Waals surface area (Å²) in [4.78, 5) is 13.6. The first-order chi connectivity index (χ1) is 9.22. The Labute approximate surface area is 121 Å². The van der Waals surface area contributed by atoms with Gasteiger partial charge in [0.25, 0.3) is 0 Å². The second-order valence-corrected chi connectivity index (χ2v) is 9.00. The number of nitrogens with zero attached hydrogens (tertiary/aromatic N) is 1. The normalized spacial score (nSPS) is 31.9. The summed E-state index contributed by atoms with van der Waals surface area (Å²) in [5, 5.41) is 9.36. The van der Waals surface area contributed by atoms with Gasteiger partial charge in [-0.25, -0.2) is 8.42 Å². The van der Waals surface area contributed by atoms with Crippen molar-refractivity contribution in [2.24, 2.45) is 11.3 Å². The van der Waals surface area contributed by atoms with Crippen LogP contribution in [0.2, 0.25) is 0 Å². The minimum atomic E-state index is -2.91. The fourth-order valence-electron chi connectivity index (χ4n) is 3.39. The zero-order chi connectivity index (χ0) is 15.0. The topological polar surface area (TPSA) is 74.7 Å². The van der Waals surface area contributed by atoms with Gasteiger partial charge in [0.05, 0.1) is 16.9 Å². The molecule has 2 rings (SSSR count). The molecule has 2 unspecified atom stereocenters. The number of sulfone groups is 1. The van der Waals surface area contributed by atoms with E-state index in [0.29, 0.717) is 12.3 Å². The maximum atomic E-state index is 11.8. The van der Waals surface area contributed by atoms with Gasteiger partial charge >= 0.3 is 5.97 Å². The van der Waals surface area contributed by atoms with Crippen LogP contribution in [0, 0.1) is 11.3 Å². The van der Waals surface area contributed by atoms with E-state index in [1.807, 2.05) is 0 Å². The van der Waals surface area contributed by atoms with Crippen LogP contribution in [0.4, 0.5) is 0 Å². The number of hydrogen-bond acceptors (Lipinski definition) is 4. The average molecular weight is 303 g/mol. The predicted molar refractivity (Wildman–Crippen MR) is 77.4 cm³/mol. The number of carboxylic acids is 1. The van der Waals surface area contributed by atoms with E-state index in [9.17, 15) is 18.3 Å². The van der Waals surface area contributed by atoms with Crippen molar-refractivity contribution in [1.82, 2.24) is 4.90 Å². The average Bonchev–Trinajstić information content (AvgIpc) is 2.37. The first kappa shape index (κ1) is 15.8. The molecule has 116 valence electrons. The van der Waals surface area contributed by atoms with Gasteiger partial charge in [-0.3, -0.25) is 9.69 Å². The third kappa shape index (κ3) is 3.34. The molecule has 0 aromatic rings. The standard InChI is InChI=1S/C14H25NO4S/c1-14(2,13(16)17)11-5-3-7-15(9-11)12-6-4-8-20(18,19)10-12/h11-12H,3-10H2,1-2H3,(H,16,17). The molecule has 0 bridgehead atoms. The van der Waals surface area contributed by atoms with Crippen LogP contribution in [0.5, 0.6) is 0 Å². The van der Waals surface area contributed by atoms with Crippen LogP contribution in [0.1, 0.15) is 39.5 Å². The van der Waals surface area contributed by atoms with E-state index in [1.165, 1.54) is 0 Å². The lowest BCUT2D eigenvalue weighted by Crippen LogP contribution is -2.51. The molecular formula is C14H25NO4S. The summed E-state index contributed by atoms with van der Waals surface area (Å²) in [5.41, 5.74) is -0.744. The van der Waals surface area contributed by atoms with E-state index in [2.05, 4.69) is 4.90 Å². The number of hydrogen-bond donors (Lipinski definition) is 1. The SMILES string of the molecule is CC(C)(C(=O)O)C1CCCN(C2CCCS(=O)(=O)C2)C1. The Hall–Kier alpha value is -0.620. The van der Waals surface area contributed by atoms with Crippen molar-refractivity contribution in [3.63, 3.8) is 0 Å². The zero-order valence-corrected chi connectivity index (χ0v) is 13.2. The highest BCUT2D eigenvalue weighted by molar-refractivity contribution is 7.91. The van der Waals surface area contributed by atoms with Gasteiger partial charge in [-0.05, 0) is 52.0 Å². The summed E-state index contributed by atoms with van der Waals surface area (Å²) in [5.74, 6) is -0.117. The molecule has 2 aliphatic rings. The lowest BCUT2D eigenvalue weighted by Gasteiger charge is -2.43. The maximum Gasteiger partial charge on any atom is 0.309 e. The molecule has 0 aromatic carbocycles. The van der Waals surface area contributed by atoms with Crippen molar-refractivity contribution >= 4 is 15.8 Å². The van der Waals surface area contributed by atoms with Gasteiger partial charge in [-0.15, -0.1) is 0 Å². The molecule has 5 nitrogen and oxygen atoms in total. The zero-order valence-electron chi connectivity index (χ0n) is 12.3. The third-order valence-corrected chi connectivity index (χ3v) is 6.78. The van der Waals surface area contributed by atoms with Gasteiger partial charge in [-0.1, -0.05) is 0 Å². The van der Waals surface area contributed by atoms with Gasteiger partial charge < -0.3 is 5.11 Å². The van der Waals surface area contributed by atoms with Gasteiger partial charge in [-0.2, -0.15) is 0 Å².